The first-order valence-corrected chi connectivity index (χ1v) is 12.9. The van der Waals surface area contributed by atoms with E-state index in [1.54, 1.807) is 16.4 Å². The van der Waals surface area contributed by atoms with E-state index in [4.69, 9.17) is 0 Å². The fraction of sp³-hybridized carbons (Fsp3) is 0.440. The van der Waals surface area contributed by atoms with Gasteiger partial charge in [-0.2, -0.15) is 4.31 Å². The molecule has 1 atom stereocenters. The van der Waals surface area contributed by atoms with Crippen molar-refractivity contribution in [3.63, 3.8) is 0 Å². The Labute approximate surface area is 200 Å². The molecule has 7 nitrogen and oxygen atoms in total. The van der Waals surface area contributed by atoms with Crippen molar-refractivity contribution in [1.82, 2.24) is 14.9 Å². The van der Waals surface area contributed by atoms with Crippen LogP contribution < -0.4 is 10.6 Å². The number of carbonyl (C=O) groups excluding carboxylic acids is 2. The van der Waals surface area contributed by atoms with Crippen molar-refractivity contribution in [2.24, 2.45) is 0 Å². The Bertz CT molecular complexity index is 1140. The summed E-state index contributed by atoms with van der Waals surface area (Å²) < 4.78 is 42.3. The molecule has 2 amide bonds. The fourth-order valence-electron chi connectivity index (χ4n) is 4.60. The molecule has 1 saturated heterocycles. The summed E-state index contributed by atoms with van der Waals surface area (Å²) in [5.74, 6) is -2.14. The maximum absolute atomic E-state index is 13.7. The van der Waals surface area contributed by atoms with Gasteiger partial charge in [-0.1, -0.05) is 42.3 Å². The van der Waals surface area contributed by atoms with Crippen molar-refractivity contribution < 1.29 is 22.4 Å². The Kier molecular flexibility index (Phi) is 8.43. The monoisotopic (exact) mass is 489 g/mol. The van der Waals surface area contributed by atoms with E-state index in [1.807, 2.05) is 32.9 Å². The number of halogens is 1. The van der Waals surface area contributed by atoms with E-state index in [9.17, 15) is 22.4 Å². The van der Waals surface area contributed by atoms with Gasteiger partial charge in [0.25, 0.3) is 0 Å². The number of rotatable bonds is 7. The van der Waals surface area contributed by atoms with E-state index in [1.165, 1.54) is 12.1 Å². The number of carbonyl (C=O) groups is 2. The molecule has 0 bridgehead atoms. The summed E-state index contributed by atoms with van der Waals surface area (Å²) in [6, 6.07) is 9.49. The molecule has 0 saturated carbocycles. The number of amides is 2. The van der Waals surface area contributed by atoms with Crippen LogP contribution in [0.15, 0.2) is 41.3 Å². The Balaban J connectivity index is 1.59. The molecule has 0 radical (unpaired) electrons. The van der Waals surface area contributed by atoms with E-state index in [-0.39, 0.29) is 24.7 Å². The summed E-state index contributed by atoms with van der Waals surface area (Å²) in [4.78, 5) is 24.6. The van der Waals surface area contributed by atoms with Crippen LogP contribution in [0.4, 0.5) is 4.39 Å². The number of hydrogen-bond acceptors (Lipinski definition) is 4. The van der Waals surface area contributed by atoms with Crippen LogP contribution in [-0.2, 0) is 26.2 Å². The normalized spacial score (nSPS) is 16.8. The minimum absolute atomic E-state index is 0.0944. The maximum Gasteiger partial charge on any atom is 0.309 e. The molecule has 0 aliphatic carbocycles. The summed E-state index contributed by atoms with van der Waals surface area (Å²) in [6.45, 7) is 6.06. The molecule has 2 aromatic rings. The van der Waals surface area contributed by atoms with E-state index in [2.05, 4.69) is 10.6 Å². The lowest BCUT2D eigenvalue weighted by Gasteiger charge is -2.35. The average Bonchev–Trinajstić information content (AvgIpc) is 2.77. The molecule has 1 aliphatic heterocycles. The van der Waals surface area contributed by atoms with Gasteiger partial charge in [0.1, 0.15) is 5.82 Å². The molecule has 0 aromatic heterocycles. The largest absolute Gasteiger partial charge is 0.348 e. The lowest BCUT2D eigenvalue weighted by molar-refractivity contribution is -0.139. The third-order valence-electron chi connectivity index (χ3n) is 6.11. The molecule has 0 spiro atoms. The molecule has 1 aliphatic rings. The smallest absolute Gasteiger partial charge is 0.309 e. The number of nitrogens with zero attached hydrogens (tertiary/aromatic N) is 1. The first-order chi connectivity index (χ1) is 16.1. The zero-order valence-electron chi connectivity index (χ0n) is 19.9. The third kappa shape index (κ3) is 6.01. The van der Waals surface area contributed by atoms with Gasteiger partial charge in [0.05, 0.1) is 4.90 Å². The van der Waals surface area contributed by atoms with Gasteiger partial charge in [-0.3, -0.25) is 9.59 Å². The van der Waals surface area contributed by atoms with Crippen LogP contribution >= 0.6 is 0 Å². The van der Waals surface area contributed by atoms with Crippen molar-refractivity contribution >= 4 is 21.8 Å². The maximum atomic E-state index is 13.7. The summed E-state index contributed by atoms with van der Waals surface area (Å²) in [5.41, 5.74) is 2.75. The second-order valence-corrected chi connectivity index (χ2v) is 10.6. The topological polar surface area (TPSA) is 95.6 Å². The minimum Gasteiger partial charge on any atom is -0.348 e. The quantitative estimate of drug-likeness (QED) is 0.584. The van der Waals surface area contributed by atoms with Crippen LogP contribution in [0.25, 0.3) is 0 Å². The number of hydrogen-bond donors (Lipinski definition) is 2. The van der Waals surface area contributed by atoms with E-state index in [0.717, 1.165) is 29.5 Å². The summed E-state index contributed by atoms with van der Waals surface area (Å²) >= 11 is 0. The standard InChI is InChI=1S/C25H32FN3O4S/c1-17-14-18(2)23(19(3)15-17)34(32,33)29-13-7-6-9-21(29)11-12-27-24(30)25(31)28-16-20-8-4-5-10-22(20)26/h4-5,8,10,14-15,21H,6-7,9,11-13,16H2,1-3H3,(H,27,30)(H,28,31)/t21-/m1/s1. The molecule has 0 unspecified atom stereocenters. The Hall–Kier alpha value is -2.78. The van der Waals surface area contributed by atoms with Gasteiger partial charge in [-0.15, -0.1) is 0 Å². The zero-order chi connectivity index (χ0) is 24.9. The van der Waals surface area contributed by atoms with E-state index in [0.29, 0.717) is 24.3 Å². The highest BCUT2D eigenvalue weighted by Crippen LogP contribution is 2.31. The highest BCUT2D eigenvalue weighted by atomic mass is 32.2. The highest BCUT2D eigenvalue weighted by molar-refractivity contribution is 7.89. The molecule has 184 valence electrons. The van der Waals surface area contributed by atoms with Crippen LogP contribution in [0.5, 0.6) is 0 Å². The number of benzene rings is 2. The van der Waals surface area contributed by atoms with Crippen molar-refractivity contribution in [2.75, 3.05) is 13.1 Å². The number of piperidine rings is 1. The third-order valence-corrected chi connectivity index (χ3v) is 8.37. The second-order valence-electron chi connectivity index (χ2n) is 8.81. The van der Waals surface area contributed by atoms with Crippen LogP contribution in [0.1, 0.15) is 47.9 Å². The number of aryl methyl sites for hydroxylation is 3. The molecule has 1 fully saturated rings. The van der Waals surface area contributed by atoms with Crippen LogP contribution in [0.3, 0.4) is 0 Å². The Morgan fingerprint density at radius 3 is 2.35 bits per heavy atom. The predicted molar refractivity (Wildman–Crippen MR) is 128 cm³/mol. The average molecular weight is 490 g/mol. The minimum atomic E-state index is -3.69. The Morgan fingerprint density at radius 1 is 1.03 bits per heavy atom. The van der Waals surface area contributed by atoms with Crippen molar-refractivity contribution in [1.29, 1.82) is 0 Å². The lowest BCUT2D eigenvalue weighted by Crippen LogP contribution is -2.46. The first-order valence-electron chi connectivity index (χ1n) is 11.5. The summed E-state index contributed by atoms with van der Waals surface area (Å²) in [6.07, 6.45) is 2.78. The molecule has 2 aromatic carbocycles. The van der Waals surface area contributed by atoms with Crippen molar-refractivity contribution in [3.05, 3.63) is 64.5 Å². The van der Waals surface area contributed by atoms with Crippen molar-refractivity contribution in [2.45, 2.75) is 63.9 Å². The Morgan fingerprint density at radius 2 is 1.68 bits per heavy atom. The second kappa shape index (κ2) is 11.1. The van der Waals surface area contributed by atoms with Gasteiger partial charge >= 0.3 is 11.8 Å². The van der Waals surface area contributed by atoms with Gasteiger partial charge in [0, 0.05) is 31.2 Å². The van der Waals surface area contributed by atoms with Crippen LogP contribution in [-0.4, -0.2) is 43.7 Å². The zero-order valence-corrected chi connectivity index (χ0v) is 20.7. The van der Waals surface area contributed by atoms with E-state index >= 15 is 0 Å². The van der Waals surface area contributed by atoms with Gasteiger partial charge in [0.2, 0.25) is 10.0 Å². The molecule has 9 heteroatoms. The molecule has 34 heavy (non-hydrogen) atoms. The molecular formula is C25H32FN3O4S. The SMILES string of the molecule is Cc1cc(C)c(S(=O)(=O)N2CCCC[C@@H]2CCNC(=O)C(=O)NCc2ccccc2F)c(C)c1. The summed E-state index contributed by atoms with van der Waals surface area (Å²) in [7, 11) is -3.69. The van der Waals surface area contributed by atoms with Crippen LogP contribution in [0.2, 0.25) is 0 Å². The number of nitrogens with one attached hydrogen (secondary N) is 2. The molecular weight excluding hydrogens is 457 g/mol. The molecule has 3 rings (SSSR count). The van der Waals surface area contributed by atoms with Gasteiger partial charge in [0.15, 0.2) is 0 Å². The molecule has 2 N–H and O–H groups in total. The summed E-state index contributed by atoms with van der Waals surface area (Å²) in [5, 5.41) is 4.96. The van der Waals surface area contributed by atoms with Crippen LogP contribution in [0, 0.1) is 26.6 Å². The fourth-order valence-corrected chi connectivity index (χ4v) is 6.74. The van der Waals surface area contributed by atoms with Gasteiger partial charge in [-0.25, -0.2) is 12.8 Å². The lowest BCUT2D eigenvalue weighted by atomic mass is 10.0. The van der Waals surface area contributed by atoms with Crippen molar-refractivity contribution in [3.8, 4) is 0 Å². The predicted octanol–water partition coefficient (Wildman–Crippen LogP) is 3.12. The molecule has 1 heterocycles. The van der Waals surface area contributed by atoms with Gasteiger partial charge < -0.3 is 10.6 Å². The first kappa shape index (κ1) is 25.8. The number of sulfonamides is 1. The highest BCUT2D eigenvalue weighted by Gasteiger charge is 2.35. The van der Waals surface area contributed by atoms with E-state index < -0.39 is 27.7 Å². The van der Waals surface area contributed by atoms with Gasteiger partial charge in [-0.05, 0) is 57.2 Å².